The van der Waals surface area contributed by atoms with Crippen molar-refractivity contribution in [2.75, 3.05) is 13.2 Å². The fraction of sp³-hybridized carbons (Fsp3) is 0.692. The highest BCUT2D eigenvalue weighted by Gasteiger charge is 2.46. The third-order valence-corrected chi connectivity index (χ3v) is 2.50. The maximum atomic E-state index is 11.9. The third kappa shape index (κ3) is 3.77. The number of esters is 2. The van der Waals surface area contributed by atoms with E-state index in [0.717, 1.165) is 0 Å². The Bertz CT molecular complexity index is 304. The highest BCUT2D eigenvalue weighted by Crippen LogP contribution is 2.30. The van der Waals surface area contributed by atoms with Crippen LogP contribution in [0.2, 0.25) is 0 Å². The van der Waals surface area contributed by atoms with Crippen molar-refractivity contribution in [3.05, 3.63) is 0 Å². The molecule has 0 heterocycles. The van der Waals surface area contributed by atoms with Crippen molar-refractivity contribution in [3.8, 4) is 11.8 Å². The average Bonchev–Trinajstić information content (AvgIpc) is 2.31. The van der Waals surface area contributed by atoms with Crippen molar-refractivity contribution in [1.29, 1.82) is 0 Å². The third-order valence-electron chi connectivity index (χ3n) is 2.50. The lowest BCUT2D eigenvalue weighted by Gasteiger charge is -2.25. The van der Waals surface area contributed by atoms with Crippen molar-refractivity contribution >= 4 is 11.9 Å². The minimum Gasteiger partial charge on any atom is -0.465 e. The van der Waals surface area contributed by atoms with E-state index in [9.17, 15) is 9.59 Å². The molecule has 0 aliphatic heterocycles. The molecule has 0 aromatic carbocycles. The number of rotatable bonds is 6. The molecular weight excluding hydrogens is 220 g/mol. The summed E-state index contributed by atoms with van der Waals surface area (Å²) in [5, 5.41) is 0. The van der Waals surface area contributed by atoms with Gasteiger partial charge >= 0.3 is 11.9 Å². The largest absolute Gasteiger partial charge is 0.465 e. The number of carbonyl (C=O) groups is 2. The molecule has 0 spiro atoms. The van der Waals surface area contributed by atoms with Crippen LogP contribution in [0.25, 0.3) is 0 Å². The van der Waals surface area contributed by atoms with Crippen molar-refractivity contribution < 1.29 is 19.1 Å². The predicted molar refractivity (Wildman–Crippen MR) is 64.1 cm³/mol. The van der Waals surface area contributed by atoms with Crippen molar-refractivity contribution in [2.24, 2.45) is 5.41 Å². The Morgan fingerprint density at radius 2 is 1.53 bits per heavy atom. The molecule has 0 amide bonds. The molecule has 0 N–H and O–H groups in total. The predicted octanol–water partition coefficient (Wildman–Crippen LogP) is 1.92. The van der Waals surface area contributed by atoms with E-state index < -0.39 is 17.4 Å². The Balaban J connectivity index is 5.16. The summed E-state index contributed by atoms with van der Waals surface area (Å²) in [4.78, 5) is 23.9. The van der Waals surface area contributed by atoms with Crippen LogP contribution < -0.4 is 0 Å². The summed E-state index contributed by atoms with van der Waals surface area (Å²) in [5.41, 5.74) is -1.28. The normalized spacial score (nSPS) is 10.1. The average molecular weight is 240 g/mol. The van der Waals surface area contributed by atoms with Gasteiger partial charge in [-0.3, -0.25) is 9.59 Å². The first kappa shape index (κ1) is 15.5. The van der Waals surface area contributed by atoms with Gasteiger partial charge in [-0.05, 0) is 27.2 Å². The van der Waals surface area contributed by atoms with Gasteiger partial charge in [-0.25, -0.2) is 0 Å². The van der Waals surface area contributed by atoms with Crippen molar-refractivity contribution in [3.63, 3.8) is 0 Å². The molecule has 0 atom stereocenters. The van der Waals surface area contributed by atoms with Crippen LogP contribution in [0.3, 0.4) is 0 Å². The van der Waals surface area contributed by atoms with Crippen molar-refractivity contribution in [2.45, 2.75) is 40.5 Å². The van der Waals surface area contributed by atoms with Gasteiger partial charge in [0, 0.05) is 6.42 Å². The maximum Gasteiger partial charge on any atom is 0.324 e. The molecule has 0 bridgehead atoms. The molecule has 0 radical (unpaired) electrons. The van der Waals surface area contributed by atoms with Gasteiger partial charge in [-0.2, -0.15) is 0 Å². The van der Waals surface area contributed by atoms with Crippen LogP contribution in [0.5, 0.6) is 0 Å². The zero-order valence-electron chi connectivity index (χ0n) is 11.0. The molecule has 0 saturated heterocycles. The molecule has 0 aromatic rings. The number of hydrogen-bond donors (Lipinski definition) is 0. The quantitative estimate of drug-likeness (QED) is 0.404. The van der Waals surface area contributed by atoms with E-state index in [1.807, 2.05) is 0 Å². The van der Waals surface area contributed by atoms with E-state index in [1.54, 1.807) is 27.7 Å². The number of ether oxygens (including phenoxy) is 2. The molecular formula is C13H20O4. The van der Waals surface area contributed by atoms with Crippen LogP contribution >= 0.6 is 0 Å². The van der Waals surface area contributed by atoms with Gasteiger partial charge in [0.1, 0.15) is 0 Å². The highest BCUT2D eigenvalue weighted by atomic mass is 16.6. The molecule has 0 aliphatic carbocycles. The molecule has 4 heteroatoms. The Morgan fingerprint density at radius 3 is 1.82 bits per heavy atom. The van der Waals surface area contributed by atoms with Crippen molar-refractivity contribution in [1.82, 2.24) is 0 Å². The summed E-state index contributed by atoms with van der Waals surface area (Å²) in [6.45, 7) is 7.30. The fourth-order valence-electron chi connectivity index (χ4n) is 1.42. The molecule has 4 nitrogen and oxygen atoms in total. The van der Waals surface area contributed by atoms with Gasteiger partial charge in [-0.15, -0.1) is 11.8 Å². The number of hydrogen-bond acceptors (Lipinski definition) is 4. The molecule has 0 unspecified atom stereocenters. The van der Waals surface area contributed by atoms with Crippen LogP contribution in [0.4, 0.5) is 0 Å². The maximum absolute atomic E-state index is 11.9. The zero-order chi connectivity index (χ0) is 13.3. The van der Waals surface area contributed by atoms with Crippen LogP contribution in [-0.4, -0.2) is 25.2 Å². The molecule has 96 valence electrons. The Morgan fingerprint density at radius 1 is 1.06 bits per heavy atom. The van der Waals surface area contributed by atoms with Gasteiger partial charge in [0.15, 0.2) is 5.41 Å². The zero-order valence-corrected chi connectivity index (χ0v) is 11.0. The first-order valence-electron chi connectivity index (χ1n) is 5.83. The van der Waals surface area contributed by atoms with Gasteiger partial charge in [-0.1, -0.05) is 6.92 Å². The Hall–Kier alpha value is -1.50. The molecule has 0 rings (SSSR count). The molecule has 0 fully saturated rings. The minimum absolute atomic E-state index is 0.137. The van der Waals surface area contributed by atoms with Gasteiger partial charge in [0.25, 0.3) is 0 Å². The second kappa shape index (κ2) is 7.72. The summed E-state index contributed by atoms with van der Waals surface area (Å²) in [7, 11) is 0. The van der Waals surface area contributed by atoms with Crippen LogP contribution in [0, 0.1) is 17.3 Å². The van der Waals surface area contributed by atoms with Crippen LogP contribution in [-0.2, 0) is 19.1 Å². The first-order chi connectivity index (χ1) is 8.08. The molecule has 17 heavy (non-hydrogen) atoms. The summed E-state index contributed by atoms with van der Waals surface area (Å²) in [5.74, 6) is 4.35. The van der Waals surface area contributed by atoms with Gasteiger partial charge < -0.3 is 9.47 Å². The van der Waals surface area contributed by atoms with E-state index in [1.165, 1.54) is 0 Å². The van der Waals surface area contributed by atoms with E-state index in [0.29, 0.717) is 6.42 Å². The Kier molecular flexibility index (Phi) is 7.04. The molecule has 0 aromatic heterocycles. The summed E-state index contributed by atoms with van der Waals surface area (Å²) >= 11 is 0. The van der Waals surface area contributed by atoms with E-state index >= 15 is 0 Å². The standard InChI is InChI=1S/C13H20O4/c1-5-9-10-13(6-2,11(14)16-7-3)12(15)17-8-4/h6-8,10H2,1-4H3. The SMILES string of the molecule is CC#CCC(CC)(C(=O)OCC)C(=O)OCC. The summed E-state index contributed by atoms with van der Waals surface area (Å²) < 4.78 is 9.91. The first-order valence-corrected chi connectivity index (χ1v) is 5.83. The molecule has 0 aliphatic rings. The van der Waals surface area contributed by atoms with Gasteiger partial charge in [0.05, 0.1) is 13.2 Å². The monoisotopic (exact) mass is 240 g/mol. The lowest BCUT2D eigenvalue weighted by atomic mass is 9.82. The smallest absolute Gasteiger partial charge is 0.324 e. The van der Waals surface area contributed by atoms with Crippen LogP contribution in [0.15, 0.2) is 0 Å². The number of carbonyl (C=O) groups excluding carboxylic acids is 2. The van der Waals surface area contributed by atoms with E-state index in [-0.39, 0.29) is 19.6 Å². The summed E-state index contributed by atoms with van der Waals surface area (Å²) in [6, 6.07) is 0. The topological polar surface area (TPSA) is 52.6 Å². The second-order valence-corrected chi connectivity index (χ2v) is 3.48. The van der Waals surface area contributed by atoms with E-state index in [2.05, 4.69) is 11.8 Å². The lowest BCUT2D eigenvalue weighted by Crippen LogP contribution is -2.41. The van der Waals surface area contributed by atoms with Gasteiger partial charge in [0.2, 0.25) is 0 Å². The summed E-state index contributed by atoms with van der Waals surface area (Å²) in [6.07, 6.45) is 0.455. The highest BCUT2D eigenvalue weighted by molar-refractivity contribution is 6.00. The lowest BCUT2D eigenvalue weighted by molar-refractivity contribution is -0.172. The molecule has 0 saturated carbocycles. The Labute approximate surface area is 103 Å². The second-order valence-electron chi connectivity index (χ2n) is 3.48. The van der Waals surface area contributed by atoms with Crippen LogP contribution in [0.1, 0.15) is 40.5 Å². The minimum atomic E-state index is -1.28. The fourth-order valence-corrected chi connectivity index (χ4v) is 1.42. The van der Waals surface area contributed by atoms with E-state index in [4.69, 9.17) is 9.47 Å².